The number of benzene rings is 2. The molecule has 1 unspecified atom stereocenters. The summed E-state index contributed by atoms with van der Waals surface area (Å²) in [5.74, 6) is -0.0984. The predicted octanol–water partition coefficient (Wildman–Crippen LogP) is 2.98. The standard InChI is InChI=1S/C21H24N4O2/c1-14(25-9-11-27-12-10-25)15-3-5-16(6-4-15)20-18-13-17(21(26)22-2)7-8-19(18)23-24-20/h3-8,13-14H,9-12H2,1-2H3,(H,22,26)(H,23,24). The summed E-state index contributed by atoms with van der Waals surface area (Å²) in [7, 11) is 1.64. The second-order valence-corrected chi connectivity index (χ2v) is 6.86. The number of hydrogen-bond acceptors (Lipinski definition) is 4. The van der Waals surface area contributed by atoms with Crippen LogP contribution in [0.5, 0.6) is 0 Å². The van der Waals surface area contributed by atoms with Crippen molar-refractivity contribution in [3.63, 3.8) is 0 Å². The average molecular weight is 364 g/mol. The Labute approximate surface area is 158 Å². The number of fused-ring (bicyclic) bond motifs is 1. The summed E-state index contributed by atoms with van der Waals surface area (Å²) in [4.78, 5) is 14.4. The first-order chi connectivity index (χ1) is 13.2. The monoisotopic (exact) mass is 364 g/mol. The molecule has 27 heavy (non-hydrogen) atoms. The number of ether oxygens (including phenoxy) is 1. The van der Waals surface area contributed by atoms with Crippen LogP contribution in [0.4, 0.5) is 0 Å². The molecule has 1 aliphatic heterocycles. The van der Waals surface area contributed by atoms with Crippen LogP contribution in [0.3, 0.4) is 0 Å². The summed E-state index contributed by atoms with van der Waals surface area (Å²) in [6, 6.07) is 14.5. The number of aromatic nitrogens is 2. The Hall–Kier alpha value is -2.70. The van der Waals surface area contributed by atoms with E-state index in [0.29, 0.717) is 11.6 Å². The zero-order chi connectivity index (χ0) is 18.8. The first-order valence-electron chi connectivity index (χ1n) is 9.29. The Kier molecular flexibility index (Phi) is 4.92. The van der Waals surface area contributed by atoms with Crippen molar-refractivity contribution in [2.24, 2.45) is 0 Å². The molecular weight excluding hydrogens is 340 g/mol. The fraction of sp³-hybridized carbons (Fsp3) is 0.333. The molecule has 0 bridgehead atoms. The molecule has 0 saturated carbocycles. The van der Waals surface area contributed by atoms with Crippen molar-refractivity contribution in [1.82, 2.24) is 20.4 Å². The van der Waals surface area contributed by atoms with E-state index in [0.717, 1.165) is 48.5 Å². The van der Waals surface area contributed by atoms with Gasteiger partial charge in [0.15, 0.2) is 0 Å². The molecule has 0 radical (unpaired) electrons. The molecule has 3 aromatic rings. The molecule has 0 aliphatic carbocycles. The molecule has 1 fully saturated rings. The van der Waals surface area contributed by atoms with Crippen LogP contribution in [0.2, 0.25) is 0 Å². The maximum Gasteiger partial charge on any atom is 0.251 e. The summed E-state index contributed by atoms with van der Waals surface area (Å²) in [5, 5.41) is 11.1. The lowest BCUT2D eigenvalue weighted by Crippen LogP contribution is -2.37. The predicted molar refractivity (Wildman–Crippen MR) is 106 cm³/mol. The summed E-state index contributed by atoms with van der Waals surface area (Å²) in [6.07, 6.45) is 0. The van der Waals surface area contributed by atoms with E-state index in [1.165, 1.54) is 5.56 Å². The van der Waals surface area contributed by atoms with Crippen LogP contribution >= 0.6 is 0 Å². The number of rotatable bonds is 4. The topological polar surface area (TPSA) is 70.2 Å². The van der Waals surface area contributed by atoms with Crippen LogP contribution in [0.15, 0.2) is 42.5 Å². The number of nitrogens with zero attached hydrogens (tertiary/aromatic N) is 2. The lowest BCUT2D eigenvalue weighted by Gasteiger charge is -2.32. The van der Waals surface area contributed by atoms with Crippen molar-refractivity contribution < 1.29 is 9.53 Å². The fourth-order valence-electron chi connectivity index (χ4n) is 3.61. The molecule has 0 spiro atoms. The van der Waals surface area contributed by atoms with Gasteiger partial charge < -0.3 is 10.1 Å². The first kappa shape index (κ1) is 17.7. The molecule has 1 amide bonds. The van der Waals surface area contributed by atoms with Gasteiger partial charge in [0.1, 0.15) is 0 Å². The Morgan fingerprint density at radius 3 is 2.63 bits per heavy atom. The van der Waals surface area contributed by atoms with Gasteiger partial charge in [-0.15, -0.1) is 0 Å². The molecule has 1 saturated heterocycles. The molecule has 6 heteroatoms. The number of hydrogen-bond donors (Lipinski definition) is 2. The molecular formula is C21H24N4O2. The number of morpholine rings is 1. The number of carbonyl (C=O) groups is 1. The van der Waals surface area contributed by atoms with Gasteiger partial charge in [0, 0.05) is 42.7 Å². The highest BCUT2D eigenvalue weighted by Crippen LogP contribution is 2.29. The second kappa shape index (κ2) is 7.50. The van der Waals surface area contributed by atoms with Crippen LogP contribution in [-0.4, -0.2) is 54.4 Å². The quantitative estimate of drug-likeness (QED) is 0.747. The molecule has 140 valence electrons. The highest BCUT2D eigenvalue weighted by molar-refractivity contribution is 6.01. The molecule has 1 atom stereocenters. The second-order valence-electron chi connectivity index (χ2n) is 6.86. The maximum atomic E-state index is 11.9. The van der Waals surface area contributed by atoms with Crippen molar-refractivity contribution in [3.05, 3.63) is 53.6 Å². The van der Waals surface area contributed by atoms with Crippen molar-refractivity contribution in [2.75, 3.05) is 33.4 Å². The average Bonchev–Trinajstić information content (AvgIpc) is 3.16. The van der Waals surface area contributed by atoms with E-state index in [9.17, 15) is 4.79 Å². The van der Waals surface area contributed by atoms with Crippen LogP contribution in [0, 0.1) is 0 Å². The van der Waals surface area contributed by atoms with Crippen molar-refractivity contribution in [2.45, 2.75) is 13.0 Å². The van der Waals surface area contributed by atoms with Gasteiger partial charge in [0.05, 0.1) is 24.4 Å². The summed E-state index contributed by atoms with van der Waals surface area (Å²) in [5.41, 5.74) is 4.73. The molecule has 1 aromatic heterocycles. The van der Waals surface area contributed by atoms with Crippen molar-refractivity contribution in [3.8, 4) is 11.3 Å². The Morgan fingerprint density at radius 2 is 1.93 bits per heavy atom. The molecule has 2 aromatic carbocycles. The van der Waals surface area contributed by atoms with Crippen LogP contribution in [0.25, 0.3) is 22.2 Å². The van der Waals surface area contributed by atoms with Gasteiger partial charge >= 0.3 is 0 Å². The lowest BCUT2D eigenvalue weighted by molar-refractivity contribution is 0.0198. The van der Waals surface area contributed by atoms with Gasteiger partial charge in [-0.05, 0) is 30.7 Å². The molecule has 2 heterocycles. The van der Waals surface area contributed by atoms with Gasteiger partial charge in [-0.1, -0.05) is 24.3 Å². The van der Waals surface area contributed by atoms with Gasteiger partial charge in [-0.3, -0.25) is 14.8 Å². The Balaban J connectivity index is 1.62. The largest absolute Gasteiger partial charge is 0.379 e. The summed E-state index contributed by atoms with van der Waals surface area (Å²) >= 11 is 0. The van der Waals surface area contributed by atoms with Gasteiger partial charge in [-0.25, -0.2) is 0 Å². The van der Waals surface area contributed by atoms with E-state index in [-0.39, 0.29) is 5.91 Å². The first-order valence-corrected chi connectivity index (χ1v) is 9.29. The Bertz CT molecular complexity index is 942. The number of carbonyl (C=O) groups excluding carboxylic acids is 1. The zero-order valence-electron chi connectivity index (χ0n) is 15.7. The molecule has 2 N–H and O–H groups in total. The van der Waals surface area contributed by atoms with E-state index in [4.69, 9.17) is 4.74 Å². The van der Waals surface area contributed by atoms with E-state index in [2.05, 4.69) is 51.6 Å². The SMILES string of the molecule is CNC(=O)c1ccc2[nH]nc(-c3ccc(C(C)N4CCOCC4)cc3)c2c1. The number of H-pyrrole nitrogens is 1. The minimum absolute atomic E-state index is 0.0984. The van der Waals surface area contributed by atoms with Crippen molar-refractivity contribution in [1.29, 1.82) is 0 Å². The summed E-state index contributed by atoms with van der Waals surface area (Å²) < 4.78 is 5.45. The minimum Gasteiger partial charge on any atom is -0.379 e. The highest BCUT2D eigenvalue weighted by atomic mass is 16.5. The Morgan fingerprint density at radius 1 is 1.19 bits per heavy atom. The van der Waals surface area contributed by atoms with Crippen molar-refractivity contribution >= 4 is 16.8 Å². The number of nitrogens with one attached hydrogen (secondary N) is 2. The zero-order valence-corrected chi connectivity index (χ0v) is 15.7. The third kappa shape index (κ3) is 3.46. The summed E-state index contributed by atoms with van der Waals surface area (Å²) in [6.45, 7) is 5.77. The number of aromatic amines is 1. The van der Waals surface area contributed by atoms with Crippen LogP contribution in [-0.2, 0) is 4.74 Å². The smallest absolute Gasteiger partial charge is 0.251 e. The third-order valence-corrected chi connectivity index (χ3v) is 5.31. The maximum absolute atomic E-state index is 11.9. The van der Waals surface area contributed by atoms with Gasteiger partial charge in [0.2, 0.25) is 0 Å². The fourth-order valence-corrected chi connectivity index (χ4v) is 3.61. The number of amides is 1. The molecule has 6 nitrogen and oxygen atoms in total. The normalized spacial score (nSPS) is 16.4. The minimum atomic E-state index is -0.0984. The van der Waals surface area contributed by atoms with Crippen LogP contribution in [0.1, 0.15) is 28.9 Å². The van der Waals surface area contributed by atoms with Crippen LogP contribution < -0.4 is 5.32 Å². The van der Waals surface area contributed by atoms with E-state index in [1.54, 1.807) is 13.1 Å². The third-order valence-electron chi connectivity index (χ3n) is 5.31. The highest BCUT2D eigenvalue weighted by Gasteiger charge is 2.19. The van der Waals surface area contributed by atoms with E-state index >= 15 is 0 Å². The lowest BCUT2D eigenvalue weighted by atomic mass is 10.0. The van der Waals surface area contributed by atoms with Gasteiger partial charge in [0.25, 0.3) is 5.91 Å². The van der Waals surface area contributed by atoms with E-state index < -0.39 is 0 Å². The van der Waals surface area contributed by atoms with E-state index in [1.807, 2.05) is 12.1 Å². The molecule has 4 rings (SSSR count). The molecule has 1 aliphatic rings. The van der Waals surface area contributed by atoms with Gasteiger partial charge in [-0.2, -0.15) is 5.10 Å².